The summed E-state index contributed by atoms with van der Waals surface area (Å²) in [4.78, 5) is 34.7. The number of esters is 3. The van der Waals surface area contributed by atoms with Gasteiger partial charge in [0.05, 0.1) is 26.2 Å². The Bertz CT molecular complexity index is 484. The van der Waals surface area contributed by atoms with Crippen LogP contribution in [0, 0.1) is 11.3 Å². The summed E-state index contributed by atoms with van der Waals surface area (Å²) in [7, 11) is 1.17. The molecule has 0 amide bonds. The van der Waals surface area contributed by atoms with Crippen molar-refractivity contribution in [3.8, 4) is 0 Å². The lowest BCUT2D eigenvalue weighted by Gasteiger charge is -2.41. The van der Waals surface area contributed by atoms with E-state index in [2.05, 4.69) is 30.2 Å². The number of rotatable bonds is 8. The van der Waals surface area contributed by atoms with Crippen LogP contribution in [0.1, 0.15) is 46.5 Å². The molecule has 1 aliphatic rings. The summed E-state index contributed by atoms with van der Waals surface area (Å²) in [5.74, 6) is -2.15. The quantitative estimate of drug-likeness (QED) is 0.474. The van der Waals surface area contributed by atoms with Gasteiger partial charge in [0.15, 0.2) is 0 Å². The lowest BCUT2D eigenvalue weighted by atomic mass is 9.71. The minimum atomic E-state index is -1.28. The fourth-order valence-corrected chi connectivity index (χ4v) is 2.71. The molecule has 8 heteroatoms. The maximum atomic E-state index is 11.9. The van der Waals surface area contributed by atoms with Crippen molar-refractivity contribution in [2.75, 3.05) is 13.7 Å². The molecule has 1 aliphatic carbocycles. The van der Waals surface area contributed by atoms with Gasteiger partial charge in [-0.25, -0.2) is 9.59 Å². The second kappa shape index (κ2) is 9.26. The van der Waals surface area contributed by atoms with E-state index in [1.165, 1.54) is 13.5 Å². The van der Waals surface area contributed by atoms with Crippen LogP contribution in [0.5, 0.6) is 0 Å². The molecule has 0 saturated heterocycles. The first-order chi connectivity index (χ1) is 11.6. The molecule has 1 rings (SSSR count). The first-order valence-corrected chi connectivity index (χ1v) is 8.51. The van der Waals surface area contributed by atoms with Gasteiger partial charge in [-0.1, -0.05) is 27.2 Å². The van der Waals surface area contributed by atoms with Crippen LogP contribution in [-0.2, 0) is 28.6 Å². The van der Waals surface area contributed by atoms with Crippen molar-refractivity contribution in [3.63, 3.8) is 0 Å². The molecular weight excluding hydrogens is 328 g/mol. The van der Waals surface area contributed by atoms with E-state index in [4.69, 9.17) is 16.2 Å². The van der Waals surface area contributed by atoms with Gasteiger partial charge in [0.2, 0.25) is 0 Å². The molecule has 144 valence electrons. The van der Waals surface area contributed by atoms with Gasteiger partial charge in [-0.15, -0.1) is 0 Å². The monoisotopic (exact) mass is 358 g/mol. The Balaban J connectivity index is 2.47. The minimum Gasteiger partial charge on any atom is -0.469 e. The molecule has 0 aliphatic heterocycles. The highest BCUT2D eigenvalue weighted by Gasteiger charge is 2.37. The zero-order chi connectivity index (χ0) is 19.2. The molecule has 0 aromatic carbocycles. The molecule has 1 fully saturated rings. The van der Waals surface area contributed by atoms with Crippen molar-refractivity contribution in [1.82, 2.24) is 0 Å². The summed E-state index contributed by atoms with van der Waals surface area (Å²) in [6.45, 7) is 6.19. The van der Waals surface area contributed by atoms with E-state index in [-0.39, 0.29) is 24.5 Å². The third-order valence-electron chi connectivity index (χ3n) is 4.31. The summed E-state index contributed by atoms with van der Waals surface area (Å²) in [5.41, 5.74) is 11.2. The predicted octanol–water partition coefficient (Wildman–Crippen LogP) is 0.505. The molecule has 4 N–H and O–H groups in total. The molecule has 3 atom stereocenters. The van der Waals surface area contributed by atoms with E-state index >= 15 is 0 Å². The highest BCUT2D eigenvalue weighted by atomic mass is 16.6. The van der Waals surface area contributed by atoms with E-state index in [1.54, 1.807) is 0 Å². The molecule has 1 saturated carbocycles. The van der Waals surface area contributed by atoms with Crippen LogP contribution in [0.25, 0.3) is 0 Å². The zero-order valence-electron chi connectivity index (χ0n) is 15.4. The third kappa shape index (κ3) is 6.72. The summed E-state index contributed by atoms with van der Waals surface area (Å²) in [6.07, 6.45) is 2.99. The van der Waals surface area contributed by atoms with Gasteiger partial charge >= 0.3 is 17.9 Å². The number of nitrogens with two attached hydrogens (primary N) is 2. The van der Waals surface area contributed by atoms with Crippen LogP contribution < -0.4 is 11.5 Å². The van der Waals surface area contributed by atoms with Crippen molar-refractivity contribution >= 4 is 17.9 Å². The molecule has 0 aromatic heterocycles. The molecule has 0 bridgehead atoms. The van der Waals surface area contributed by atoms with Crippen molar-refractivity contribution in [3.05, 3.63) is 0 Å². The van der Waals surface area contributed by atoms with Gasteiger partial charge in [0, 0.05) is 0 Å². The van der Waals surface area contributed by atoms with Gasteiger partial charge in [0.25, 0.3) is 0 Å². The largest absolute Gasteiger partial charge is 0.469 e. The Morgan fingerprint density at radius 1 is 1.08 bits per heavy atom. The number of methoxy groups -OCH3 is 1. The third-order valence-corrected chi connectivity index (χ3v) is 4.31. The minimum absolute atomic E-state index is 0.0163. The Labute approximate surface area is 148 Å². The Kier molecular flexibility index (Phi) is 7.98. The average Bonchev–Trinajstić information content (AvgIpc) is 2.47. The van der Waals surface area contributed by atoms with Crippen LogP contribution >= 0.6 is 0 Å². The fourth-order valence-electron chi connectivity index (χ4n) is 2.71. The number of ether oxygens (including phenoxy) is 3. The second-order valence-corrected chi connectivity index (χ2v) is 7.54. The molecule has 0 spiro atoms. The lowest BCUT2D eigenvalue weighted by Crippen LogP contribution is -2.46. The average molecular weight is 358 g/mol. The van der Waals surface area contributed by atoms with Crippen molar-refractivity contribution < 1.29 is 28.6 Å². The van der Waals surface area contributed by atoms with E-state index in [9.17, 15) is 14.4 Å². The van der Waals surface area contributed by atoms with E-state index in [0.29, 0.717) is 5.92 Å². The zero-order valence-corrected chi connectivity index (χ0v) is 15.4. The molecule has 0 aromatic rings. The number of hydrogen-bond acceptors (Lipinski definition) is 8. The Morgan fingerprint density at radius 2 is 1.64 bits per heavy atom. The van der Waals surface area contributed by atoms with Crippen LogP contribution in [0.2, 0.25) is 0 Å². The predicted molar refractivity (Wildman–Crippen MR) is 90.2 cm³/mol. The summed E-state index contributed by atoms with van der Waals surface area (Å²) in [6, 6.07) is -2.37. The van der Waals surface area contributed by atoms with Gasteiger partial charge < -0.3 is 25.7 Å². The summed E-state index contributed by atoms with van der Waals surface area (Å²) < 4.78 is 14.9. The maximum absolute atomic E-state index is 11.9. The SMILES string of the molecule is COC(=O)C[C@H](N)C(=O)OC(=O)[C@@H](N)COC(C1CCC1)C(C)(C)C. The highest BCUT2D eigenvalue weighted by molar-refractivity contribution is 5.92. The van der Waals surface area contributed by atoms with Gasteiger partial charge in [-0.2, -0.15) is 0 Å². The Morgan fingerprint density at radius 3 is 2.08 bits per heavy atom. The molecule has 0 radical (unpaired) electrons. The van der Waals surface area contributed by atoms with Crippen LogP contribution in [-0.4, -0.2) is 49.8 Å². The molecule has 1 unspecified atom stereocenters. The van der Waals surface area contributed by atoms with Crippen molar-refractivity contribution in [1.29, 1.82) is 0 Å². The van der Waals surface area contributed by atoms with E-state index in [0.717, 1.165) is 12.8 Å². The number of carbonyl (C=O) groups excluding carboxylic acids is 3. The van der Waals surface area contributed by atoms with Crippen LogP contribution in [0.4, 0.5) is 0 Å². The highest BCUT2D eigenvalue weighted by Crippen LogP contribution is 2.39. The topological polar surface area (TPSA) is 131 Å². The summed E-state index contributed by atoms with van der Waals surface area (Å²) in [5, 5.41) is 0. The standard InChI is InChI=1S/C17H30N2O6/c1-17(2,3)14(10-6-5-7-10)24-9-12(19)16(22)25-15(21)11(18)8-13(20)23-4/h10-12,14H,5-9,18-19H2,1-4H3/t11-,12-,14?/m0/s1. The van der Waals surface area contributed by atoms with Crippen molar-refractivity contribution in [2.24, 2.45) is 22.8 Å². The van der Waals surface area contributed by atoms with E-state index in [1.807, 2.05) is 0 Å². The van der Waals surface area contributed by atoms with Crippen LogP contribution in [0.15, 0.2) is 0 Å². The van der Waals surface area contributed by atoms with Crippen LogP contribution in [0.3, 0.4) is 0 Å². The molecule has 0 heterocycles. The van der Waals surface area contributed by atoms with Gasteiger partial charge in [-0.3, -0.25) is 4.79 Å². The number of carbonyl (C=O) groups is 3. The number of hydrogen-bond donors (Lipinski definition) is 2. The van der Waals surface area contributed by atoms with Gasteiger partial charge in [0.1, 0.15) is 12.1 Å². The molecule has 25 heavy (non-hydrogen) atoms. The smallest absolute Gasteiger partial charge is 0.333 e. The lowest BCUT2D eigenvalue weighted by molar-refractivity contribution is -0.165. The second-order valence-electron chi connectivity index (χ2n) is 7.54. The van der Waals surface area contributed by atoms with Gasteiger partial charge in [-0.05, 0) is 24.2 Å². The first kappa shape index (κ1) is 21.5. The summed E-state index contributed by atoms with van der Waals surface area (Å²) >= 11 is 0. The fraction of sp³-hybridized carbons (Fsp3) is 0.824. The molecule has 8 nitrogen and oxygen atoms in total. The van der Waals surface area contributed by atoms with E-state index < -0.39 is 30.0 Å². The molecular formula is C17H30N2O6. The Hall–Kier alpha value is -1.51. The normalized spacial score (nSPS) is 18.6. The first-order valence-electron chi connectivity index (χ1n) is 8.51. The maximum Gasteiger partial charge on any atom is 0.333 e. The van der Waals surface area contributed by atoms with Crippen molar-refractivity contribution in [2.45, 2.75) is 64.6 Å².